The van der Waals surface area contributed by atoms with Crippen LogP contribution in [0.15, 0.2) is 24.3 Å². The van der Waals surface area contributed by atoms with Crippen molar-refractivity contribution < 1.29 is 18.0 Å². The van der Waals surface area contributed by atoms with Gasteiger partial charge in [-0.05, 0) is 42.3 Å². The van der Waals surface area contributed by atoms with E-state index in [9.17, 15) is 18.0 Å². The van der Waals surface area contributed by atoms with Gasteiger partial charge in [-0.2, -0.15) is 13.2 Å². The number of nitrogens with zero attached hydrogens (tertiary/aromatic N) is 2. The largest absolute Gasteiger partial charge is 0.416 e. The smallest absolute Gasteiger partial charge is 0.363 e. The van der Waals surface area contributed by atoms with E-state index in [1.165, 1.54) is 6.07 Å². The SMILES string of the molecule is CCCNC(=S)N1CCC2(CC1)N[C@@H](C(C)C)C(=O)N2Cc1cccc(C(F)(F)F)c1. The van der Waals surface area contributed by atoms with E-state index in [4.69, 9.17) is 12.2 Å². The highest BCUT2D eigenvalue weighted by molar-refractivity contribution is 7.80. The van der Waals surface area contributed by atoms with Crippen molar-refractivity contribution in [1.82, 2.24) is 20.4 Å². The molecule has 9 heteroatoms. The summed E-state index contributed by atoms with van der Waals surface area (Å²) in [5, 5.41) is 7.49. The van der Waals surface area contributed by atoms with Crippen molar-refractivity contribution in [3.05, 3.63) is 35.4 Å². The molecule has 0 unspecified atom stereocenters. The van der Waals surface area contributed by atoms with Gasteiger partial charge in [0.1, 0.15) is 0 Å². The Morgan fingerprint density at radius 3 is 2.58 bits per heavy atom. The molecule has 31 heavy (non-hydrogen) atoms. The molecule has 5 nitrogen and oxygen atoms in total. The molecule has 1 spiro atoms. The van der Waals surface area contributed by atoms with Gasteiger partial charge in [-0.15, -0.1) is 0 Å². The van der Waals surface area contributed by atoms with Gasteiger partial charge in [0.05, 0.1) is 17.3 Å². The molecule has 1 atom stereocenters. The number of likely N-dealkylation sites (tertiary alicyclic amines) is 1. The number of alkyl halides is 3. The van der Waals surface area contributed by atoms with Gasteiger partial charge in [-0.3, -0.25) is 10.1 Å². The van der Waals surface area contributed by atoms with Gasteiger partial charge in [0.2, 0.25) is 5.91 Å². The summed E-state index contributed by atoms with van der Waals surface area (Å²) in [7, 11) is 0. The lowest BCUT2D eigenvalue weighted by Gasteiger charge is -2.45. The minimum absolute atomic E-state index is 0.0486. The zero-order chi connectivity index (χ0) is 22.8. The molecule has 2 heterocycles. The number of rotatable bonds is 5. The number of hydrogen-bond donors (Lipinski definition) is 2. The van der Waals surface area contributed by atoms with Gasteiger partial charge < -0.3 is 15.1 Å². The second-order valence-corrected chi connectivity index (χ2v) is 9.13. The van der Waals surface area contributed by atoms with Crippen molar-refractivity contribution in [2.75, 3.05) is 19.6 Å². The molecule has 2 saturated heterocycles. The molecule has 0 saturated carbocycles. The first-order chi connectivity index (χ1) is 14.6. The summed E-state index contributed by atoms with van der Waals surface area (Å²) in [6, 6.07) is 4.91. The maximum atomic E-state index is 13.3. The fraction of sp³-hybridized carbons (Fsp3) is 0.636. The van der Waals surface area contributed by atoms with E-state index in [0.717, 1.165) is 25.1 Å². The van der Waals surface area contributed by atoms with E-state index in [2.05, 4.69) is 22.5 Å². The van der Waals surface area contributed by atoms with Gasteiger partial charge in [-0.25, -0.2) is 0 Å². The highest BCUT2D eigenvalue weighted by Crippen LogP contribution is 2.36. The van der Waals surface area contributed by atoms with Crippen LogP contribution in [-0.2, 0) is 17.5 Å². The highest BCUT2D eigenvalue weighted by atomic mass is 32.1. The zero-order valence-corrected chi connectivity index (χ0v) is 19.1. The zero-order valence-electron chi connectivity index (χ0n) is 18.3. The molecule has 0 aliphatic carbocycles. The van der Waals surface area contributed by atoms with Crippen LogP contribution in [0, 0.1) is 5.92 Å². The Morgan fingerprint density at radius 1 is 1.32 bits per heavy atom. The molecule has 1 aromatic rings. The molecule has 0 aromatic heterocycles. The quantitative estimate of drug-likeness (QED) is 0.661. The summed E-state index contributed by atoms with van der Waals surface area (Å²) in [6.07, 6.45) is -2.10. The van der Waals surface area contributed by atoms with Crippen molar-refractivity contribution in [2.45, 2.75) is 64.5 Å². The predicted molar refractivity (Wildman–Crippen MR) is 118 cm³/mol. The topological polar surface area (TPSA) is 47.6 Å². The molecule has 172 valence electrons. The summed E-state index contributed by atoms with van der Waals surface area (Å²) in [5.74, 6) is 0.0359. The standard InChI is InChI=1S/C22H31F3N4OS/c1-4-10-26-20(31)28-11-8-21(9-12-28)27-18(15(2)3)19(30)29(21)14-16-6-5-7-17(13-16)22(23,24)25/h5-7,13,15,18,27H,4,8-12,14H2,1-3H3,(H,26,31)/t18-/m0/s1. The number of amides is 1. The number of carbonyl (C=O) groups is 1. The lowest BCUT2D eigenvalue weighted by Crippen LogP contribution is -2.60. The van der Waals surface area contributed by atoms with Crippen LogP contribution in [0.5, 0.6) is 0 Å². The molecule has 2 N–H and O–H groups in total. The van der Waals surface area contributed by atoms with Gasteiger partial charge >= 0.3 is 6.18 Å². The summed E-state index contributed by atoms with van der Waals surface area (Å²) < 4.78 is 39.5. The number of halogens is 3. The van der Waals surface area contributed by atoms with E-state index in [1.807, 2.05) is 13.8 Å². The minimum atomic E-state index is -4.41. The van der Waals surface area contributed by atoms with Crippen molar-refractivity contribution in [3.63, 3.8) is 0 Å². The number of thiocarbonyl (C=S) groups is 1. The number of piperidine rings is 1. The summed E-state index contributed by atoms with van der Waals surface area (Å²) in [5.41, 5.74) is -0.783. The van der Waals surface area contributed by atoms with Gasteiger partial charge in [0.15, 0.2) is 5.11 Å². The van der Waals surface area contributed by atoms with Crippen LogP contribution >= 0.6 is 12.2 Å². The molecule has 2 aliphatic rings. The Labute approximate surface area is 187 Å². The first-order valence-electron chi connectivity index (χ1n) is 10.9. The minimum Gasteiger partial charge on any atom is -0.363 e. The van der Waals surface area contributed by atoms with E-state index >= 15 is 0 Å². The molecule has 2 fully saturated rings. The van der Waals surface area contributed by atoms with Gasteiger partial charge in [0, 0.05) is 39.0 Å². The normalized spacial score (nSPS) is 21.3. The second kappa shape index (κ2) is 9.32. The second-order valence-electron chi connectivity index (χ2n) is 8.74. The molecule has 0 radical (unpaired) electrons. The van der Waals surface area contributed by atoms with Gasteiger partial charge in [-0.1, -0.05) is 32.9 Å². The van der Waals surface area contributed by atoms with E-state index < -0.39 is 17.4 Å². The number of hydrogen-bond acceptors (Lipinski definition) is 3. The molecule has 2 aliphatic heterocycles. The van der Waals surface area contributed by atoms with Crippen LogP contribution in [0.3, 0.4) is 0 Å². The number of carbonyl (C=O) groups excluding carboxylic acids is 1. The van der Waals surface area contributed by atoms with Crippen molar-refractivity contribution in [2.24, 2.45) is 5.92 Å². The molecule has 1 aromatic carbocycles. The number of nitrogens with one attached hydrogen (secondary N) is 2. The molecule has 3 rings (SSSR count). The average molecular weight is 457 g/mol. The summed E-state index contributed by atoms with van der Waals surface area (Å²) in [6.45, 7) is 8.36. The Kier molecular flexibility index (Phi) is 7.15. The fourth-order valence-electron chi connectivity index (χ4n) is 4.36. The monoisotopic (exact) mass is 456 g/mol. The van der Waals surface area contributed by atoms with Crippen molar-refractivity contribution >= 4 is 23.2 Å². The predicted octanol–water partition coefficient (Wildman–Crippen LogP) is 3.74. The first-order valence-corrected chi connectivity index (χ1v) is 11.3. The maximum absolute atomic E-state index is 13.3. The summed E-state index contributed by atoms with van der Waals surface area (Å²) >= 11 is 5.48. The van der Waals surface area contributed by atoms with Crippen LogP contribution in [0.2, 0.25) is 0 Å². The van der Waals surface area contributed by atoms with Crippen molar-refractivity contribution in [3.8, 4) is 0 Å². The number of benzene rings is 1. The van der Waals surface area contributed by atoms with Crippen LogP contribution < -0.4 is 10.6 Å². The molecular formula is C22H31F3N4OS. The van der Waals surface area contributed by atoms with Gasteiger partial charge in [0.25, 0.3) is 0 Å². The highest BCUT2D eigenvalue weighted by Gasteiger charge is 2.52. The third-order valence-electron chi connectivity index (χ3n) is 6.14. The Morgan fingerprint density at radius 2 is 2.00 bits per heavy atom. The maximum Gasteiger partial charge on any atom is 0.416 e. The molecule has 1 amide bonds. The third-order valence-corrected chi connectivity index (χ3v) is 6.54. The van der Waals surface area contributed by atoms with E-state index in [0.29, 0.717) is 36.6 Å². The molecule has 0 bridgehead atoms. The fourth-order valence-corrected chi connectivity index (χ4v) is 4.64. The van der Waals surface area contributed by atoms with Crippen LogP contribution in [0.4, 0.5) is 13.2 Å². The Hall–Kier alpha value is -1.87. The molecular weight excluding hydrogens is 425 g/mol. The van der Waals surface area contributed by atoms with Crippen LogP contribution in [0.1, 0.15) is 51.2 Å². The van der Waals surface area contributed by atoms with Crippen LogP contribution in [-0.4, -0.2) is 52.2 Å². The Balaban J connectivity index is 1.80. The van der Waals surface area contributed by atoms with E-state index in [1.54, 1.807) is 11.0 Å². The van der Waals surface area contributed by atoms with Crippen molar-refractivity contribution in [1.29, 1.82) is 0 Å². The lowest BCUT2D eigenvalue weighted by atomic mass is 9.95. The summed E-state index contributed by atoms with van der Waals surface area (Å²) in [4.78, 5) is 17.1. The third kappa shape index (κ3) is 5.14. The first kappa shape index (κ1) is 23.8. The average Bonchev–Trinajstić information content (AvgIpc) is 2.98. The lowest BCUT2D eigenvalue weighted by molar-refractivity contribution is -0.137. The van der Waals surface area contributed by atoms with Crippen LogP contribution in [0.25, 0.3) is 0 Å². The van der Waals surface area contributed by atoms with E-state index in [-0.39, 0.29) is 24.4 Å². The Bertz CT molecular complexity index is 806.